The lowest BCUT2D eigenvalue weighted by Gasteiger charge is -2.20. The molecule has 1 rings (SSSR count). The number of nitrogens with zero attached hydrogens (tertiary/aromatic N) is 1. The Morgan fingerprint density at radius 2 is 2.05 bits per heavy atom. The maximum absolute atomic E-state index is 13.0. The molecule has 114 valence electrons. The molecular formula is C11H16F2N2O4S. The molecule has 0 aromatic carbocycles. The molecule has 1 aromatic rings. The quantitative estimate of drug-likeness (QED) is 0.827. The highest BCUT2D eigenvalue weighted by Gasteiger charge is 2.34. The number of carbonyl (C=O) groups excluding carboxylic acids is 1. The third kappa shape index (κ3) is 3.54. The summed E-state index contributed by atoms with van der Waals surface area (Å²) in [7, 11) is -1.54. The van der Waals surface area contributed by atoms with E-state index in [1.54, 1.807) is 0 Å². The summed E-state index contributed by atoms with van der Waals surface area (Å²) in [4.78, 5) is 11.1. The first-order valence-corrected chi connectivity index (χ1v) is 7.12. The average Bonchev–Trinajstić information content (AvgIpc) is 2.69. The molecule has 1 heterocycles. The van der Waals surface area contributed by atoms with Gasteiger partial charge in [-0.1, -0.05) is 0 Å². The topological polar surface area (TPSA) is 77.4 Å². The van der Waals surface area contributed by atoms with Gasteiger partial charge < -0.3 is 9.30 Å². The van der Waals surface area contributed by atoms with Gasteiger partial charge >= 0.3 is 5.97 Å². The Labute approximate surface area is 115 Å². The van der Waals surface area contributed by atoms with Crippen LogP contribution in [0.2, 0.25) is 0 Å². The number of ether oxygens (including phenoxy) is 1. The average molecular weight is 310 g/mol. The van der Waals surface area contributed by atoms with E-state index < -0.39 is 28.0 Å². The van der Waals surface area contributed by atoms with Gasteiger partial charge in [-0.15, -0.1) is 0 Å². The van der Waals surface area contributed by atoms with Gasteiger partial charge in [0.1, 0.15) is 10.6 Å². The number of nitrogens with one attached hydrogen (secondary N) is 1. The van der Waals surface area contributed by atoms with Crippen LogP contribution in [-0.4, -0.2) is 38.0 Å². The maximum Gasteiger partial charge on any atom is 0.354 e. The molecule has 0 aliphatic carbocycles. The summed E-state index contributed by atoms with van der Waals surface area (Å²) in [5.41, 5.74) is 0.00351. The summed E-state index contributed by atoms with van der Waals surface area (Å²) in [6.45, 7) is 1.67. The third-order valence-electron chi connectivity index (χ3n) is 2.78. The van der Waals surface area contributed by atoms with Gasteiger partial charge in [-0.2, -0.15) is 0 Å². The van der Waals surface area contributed by atoms with Gasteiger partial charge in [0, 0.05) is 20.2 Å². The second-order valence-corrected chi connectivity index (χ2v) is 6.18. The molecule has 1 N–H and O–H groups in total. The normalized spacial score (nSPS) is 14.1. The second-order valence-electron chi connectivity index (χ2n) is 4.46. The lowest BCUT2D eigenvalue weighted by molar-refractivity contribution is -0.00488. The van der Waals surface area contributed by atoms with Crippen LogP contribution in [0.1, 0.15) is 24.3 Å². The number of hydrogen-bond donors (Lipinski definition) is 1. The Morgan fingerprint density at radius 3 is 2.50 bits per heavy atom. The largest absolute Gasteiger partial charge is 0.464 e. The van der Waals surface area contributed by atoms with Crippen LogP contribution >= 0.6 is 0 Å². The first-order valence-electron chi connectivity index (χ1n) is 5.64. The third-order valence-corrected chi connectivity index (χ3v) is 4.28. The Kier molecular flexibility index (Phi) is 4.55. The number of sulfonamides is 1. The highest BCUT2D eigenvalue weighted by molar-refractivity contribution is 7.89. The fraction of sp³-hybridized carbons (Fsp3) is 0.545. The fourth-order valence-electron chi connectivity index (χ4n) is 1.39. The van der Waals surface area contributed by atoms with Crippen LogP contribution in [0.5, 0.6) is 0 Å². The SMILES string of the molecule is COC(=O)c1cc(S(=O)(=O)N[C@H](C)C(C)(F)F)cn1C. The van der Waals surface area contributed by atoms with E-state index in [1.165, 1.54) is 11.6 Å². The molecule has 1 atom stereocenters. The molecule has 0 bridgehead atoms. The molecule has 0 amide bonds. The summed E-state index contributed by atoms with van der Waals surface area (Å²) < 4.78 is 57.6. The Hall–Kier alpha value is -1.48. The van der Waals surface area contributed by atoms with Gasteiger partial charge in [0.15, 0.2) is 0 Å². The monoisotopic (exact) mass is 310 g/mol. The maximum atomic E-state index is 13.0. The van der Waals surface area contributed by atoms with E-state index >= 15 is 0 Å². The van der Waals surface area contributed by atoms with E-state index in [0.29, 0.717) is 6.92 Å². The summed E-state index contributed by atoms with van der Waals surface area (Å²) >= 11 is 0. The number of rotatable bonds is 5. The van der Waals surface area contributed by atoms with Crippen LogP contribution in [0.3, 0.4) is 0 Å². The van der Waals surface area contributed by atoms with Crippen molar-refractivity contribution < 1.29 is 26.7 Å². The molecule has 0 aliphatic rings. The summed E-state index contributed by atoms with van der Waals surface area (Å²) in [5.74, 6) is -3.92. The predicted octanol–water partition coefficient (Wildman–Crippen LogP) is 1.13. The summed E-state index contributed by atoms with van der Waals surface area (Å²) in [6, 6.07) is -0.511. The molecule has 0 saturated heterocycles. The Balaban J connectivity index is 3.09. The second kappa shape index (κ2) is 5.49. The van der Waals surface area contributed by atoms with Crippen molar-refractivity contribution in [3.63, 3.8) is 0 Å². The molecular weight excluding hydrogens is 294 g/mol. The number of aryl methyl sites for hydroxylation is 1. The van der Waals surface area contributed by atoms with Crippen LogP contribution in [0.25, 0.3) is 0 Å². The number of hydrogen-bond acceptors (Lipinski definition) is 4. The van der Waals surface area contributed by atoms with Gasteiger partial charge in [0.05, 0.1) is 13.2 Å². The molecule has 0 aliphatic heterocycles. The standard InChI is InChI=1S/C11H16F2N2O4S/c1-7(11(2,12)13)14-20(17,18)8-5-9(10(16)19-4)15(3)6-8/h5-7,14H,1-4H3/t7-/m1/s1. The van der Waals surface area contributed by atoms with Crippen LogP contribution in [0.4, 0.5) is 8.78 Å². The van der Waals surface area contributed by atoms with Crippen molar-refractivity contribution in [2.75, 3.05) is 7.11 Å². The van der Waals surface area contributed by atoms with E-state index in [-0.39, 0.29) is 10.6 Å². The molecule has 9 heteroatoms. The number of esters is 1. The number of methoxy groups -OCH3 is 1. The van der Waals surface area contributed by atoms with Gasteiger partial charge in [0.25, 0.3) is 5.92 Å². The zero-order chi connectivity index (χ0) is 15.7. The number of halogens is 2. The van der Waals surface area contributed by atoms with Gasteiger partial charge in [-0.25, -0.2) is 26.7 Å². The van der Waals surface area contributed by atoms with Crippen molar-refractivity contribution in [2.24, 2.45) is 7.05 Å². The van der Waals surface area contributed by atoms with Crippen LogP contribution < -0.4 is 4.72 Å². The van der Waals surface area contributed by atoms with Crippen molar-refractivity contribution >= 4 is 16.0 Å². The van der Waals surface area contributed by atoms with Crippen molar-refractivity contribution in [2.45, 2.75) is 30.7 Å². The minimum absolute atomic E-state index is 0.00351. The van der Waals surface area contributed by atoms with Gasteiger partial charge in [-0.3, -0.25) is 0 Å². The van der Waals surface area contributed by atoms with E-state index in [9.17, 15) is 22.0 Å². The zero-order valence-corrected chi connectivity index (χ0v) is 12.3. The highest BCUT2D eigenvalue weighted by atomic mass is 32.2. The molecule has 20 heavy (non-hydrogen) atoms. The summed E-state index contributed by atoms with van der Waals surface area (Å²) in [6.07, 6.45) is 1.15. The van der Waals surface area contributed by atoms with E-state index in [0.717, 1.165) is 26.3 Å². The fourth-order valence-corrected chi connectivity index (χ4v) is 2.77. The van der Waals surface area contributed by atoms with Crippen molar-refractivity contribution in [1.82, 2.24) is 9.29 Å². The smallest absolute Gasteiger partial charge is 0.354 e. The molecule has 6 nitrogen and oxygen atoms in total. The van der Waals surface area contributed by atoms with E-state index in [2.05, 4.69) is 4.74 Å². The minimum atomic E-state index is -4.14. The van der Waals surface area contributed by atoms with E-state index in [1.807, 2.05) is 4.72 Å². The minimum Gasteiger partial charge on any atom is -0.464 e. The Morgan fingerprint density at radius 1 is 1.50 bits per heavy atom. The zero-order valence-electron chi connectivity index (χ0n) is 11.5. The Bertz CT molecular complexity index is 604. The summed E-state index contributed by atoms with van der Waals surface area (Å²) in [5, 5.41) is 0. The molecule has 0 saturated carbocycles. The molecule has 0 unspecified atom stereocenters. The first kappa shape index (κ1) is 16.6. The number of aromatic nitrogens is 1. The lowest BCUT2D eigenvalue weighted by Crippen LogP contribution is -2.43. The number of carbonyl (C=O) groups is 1. The van der Waals surface area contributed by atoms with Gasteiger partial charge in [-0.05, 0) is 13.0 Å². The molecule has 0 fully saturated rings. The molecule has 0 radical (unpaired) electrons. The van der Waals surface area contributed by atoms with Crippen LogP contribution in [0, 0.1) is 0 Å². The van der Waals surface area contributed by atoms with Crippen LogP contribution in [-0.2, 0) is 21.8 Å². The highest BCUT2D eigenvalue weighted by Crippen LogP contribution is 2.20. The lowest BCUT2D eigenvalue weighted by atomic mass is 10.2. The van der Waals surface area contributed by atoms with Crippen molar-refractivity contribution in [3.8, 4) is 0 Å². The van der Waals surface area contributed by atoms with Crippen LogP contribution in [0.15, 0.2) is 17.2 Å². The van der Waals surface area contributed by atoms with Gasteiger partial charge in [0.2, 0.25) is 10.0 Å². The van der Waals surface area contributed by atoms with Crippen molar-refractivity contribution in [1.29, 1.82) is 0 Å². The first-order chi connectivity index (χ1) is 8.99. The predicted molar refractivity (Wildman–Crippen MR) is 67.2 cm³/mol. The molecule has 0 spiro atoms. The number of alkyl halides is 2. The van der Waals surface area contributed by atoms with E-state index in [4.69, 9.17) is 0 Å². The molecule has 1 aromatic heterocycles. The van der Waals surface area contributed by atoms with Crippen molar-refractivity contribution in [3.05, 3.63) is 18.0 Å².